The maximum absolute atomic E-state index is 9.18. The molecule has 4 rings (SSSR count). The molecule has 0 aliphatic rings. The first-order valence-electron chi connectivity index (χ1n) is 7.72. The van der Waals surface area contributed by atoms with Crippen molar-refractivity contribution < 1.29 is 0 Å². The van der Waals surface area contributed by atoms with Crippen LogP contribution in [0.5, 0.6) is 0 Å². The fourth-order valence-electron chi connectivity index (χ4n) is 2.85. The average Bonchev–Trinajstić information content (AvgIpc) is 3.04. The highest BCUT2D eigenvalue weighted by Gasteiger charge is 2.07. The molecule has 0 fully saturated rings. The van der Waals surface area contributed by atoms with Gasteiger partial charge < -0.3 is 9.72 Å². The van der Waals surface area contributed by atoms with Crippen LogP contribution < -0.4 is 5.32 Å². The molecule has 0 aliphatic carbocycles. The van der Waals surface area contributed by atoms with E-state index >= 15 is 0 Å². The normalized spacial score (nSPS) is 10.8. The summed E-state index contributed by atoms with van der Waals surface area (Å²) in [6.07, 6.45) is 2.03. The smallest absolute Gasteiger partial charge is 0.143 e. The standard InChI is InChI=1S/C19H15N5/c1-13-5-4-8-19-23-15(12-24(13)19)11-21-18-9-14(10-20)22-17-7-3-2-6-16(17)18/h2-9,12H,11H2,1H3,(H,21,22). The average molecular weight is 313 g/mol. The van der Waals surface area contributed by atoms with Gasteiger partial charge in [0, 0.05) is 23.0 Å². The number of fused-ring (bicyclic) bond motifs is 2. The van der Waals surface area contributed by atoms with Gasteiger partial charge in [-0.25, -0.2) is 9.97 Å². The molecule has 0 radical (unpaired) electrons. The van der Waals surface area contributed by atoms with Crippen molar-refractivity contribution in [2.75, 3.05) is 5.32 Å². The molecule has 24 heavy (non-hydrogen) atoms. The number of benzene rings is 1. The molecule has 0 spiro atoms. The van der Waals surface area contributed by atoms with Crippen LogP contribution in [0.1, 0.15) is 17.1 Å². The number of anilines is 1. The van der Waals surface area contributed by atoms with Crippen LogP contribution in [0.3, 0.4) is 0 Å². The summed E-state index contributed by atoms with van der Waals surface area (Å²) in [6, 6.07) is 17.8. The Morgan fingerprint density at radius 2 is 2.00 bits per heavy atom. The van der Waals surface area contributed by atoms with E-state index in [1.165, 1.54) is 0 Å². The van der Waals surface area contributed by atoms with Gasteiger partial charge in [-0.15, -0.1) is 0 Å². The number of aromatic nitrogens is 3. The van der Waals surface area contributed by atoms with Crippen molar-refractivity contribution in [1.29, 1.82) is 5.26 Å². The molecule has 116 valence electrons. The number of nitrogens with one attached hydrogen (secondary N) is 1. The van der Waals surface area contributed by atoms with Crippen LogP contribution in [0.4, 0.5) is 5.69 Å². The van der Waals surface area contributed by atoms with E-state index in [4.69, 9.17) is 0 Å². The zero-order chi connectivity index (χ0) is 16.5. The number of pyridine rings is 2. The van der Waals surface area contributed by atoms with E-state index in [1.807, 2.05) is 42.6 Å². The number of hydrogen-bond donors (Lipinski definition) is 1. The zero-order valence-electron chi connectivity index (χ0n) is 13.2. The fourth-order valence-corrected chi connectivity index (χ4v) is 2.85. The van der Waals surface area contributed by atoms with Crippen molar-refractivity contribution in [3.05, 3.63) is 71.8 Å². The Bertz CT molecular complexity index is 1090. The molecule has 3 heterocycles. The second kappa shape index (κ2) is 5.67. The third-order valence-electron chi connectivity index (χ3n) is 4.04. The Morgan fingerprint density at radius 3 is 2.83 bits per heavy atom. The summed E-state index contributed by atoms with van der Waals surface area (Å²) in [7, 11) is 0. The zero-order valence-corrected chi connectivity index (χ0v) is 13.2. The van der Waals surface area contributed by atoms with E-state index in [1.54, 1.807) is 6.07 Å². The van der Waals surface area contributed by atoms with Crippen LogP contribution in [0, 0.1) is 18.3 Å². The molecule has 3 aromatic heterocycles. The predicted molar refractivity (Wildman–Crippen MR) is 93.7 cm³/mol. The molecule has 0 aliphatic heterocycles. The van der Waals surface area contributed by atoms with Crippen molar-refractivity contribution in [2.45, 2.75) is 13.5 Å². The largest absolute Gasteiger partial charge is 0.379 e. The first kappa shape index (κ1) is 14.2. The van der Waals surface area contributed by atoms with Crippen LogP contribution in [0.2, 0.25) is 0 Å². The summed E-state index contributed by atoms with van der Waals surface area (Å²) in [5, 5.41) is 13.6. The van der Waals surface area contributed by atoms with E-state index in [9.17, 15) is 5.26 Å². The number of hydrogen-bond acceptors (Lipinski definition) is 4. The van der Waals surface area contributed by atoms with Gasteiger partial charge in [-0.3, -0.25) is 0 Å². The van der Waals surface area contributed by atoms with Crippen molar-refractivity contribution >= 4 is 22.2 Å². The lowest BCUT2D eigenvalue weighted by Crippen LogP contribution is -2.01. The van der Waals surface area contributed by atoms with Gasteiger partial charge in [-0.1, -0.05) is 24.3 Å². The Hall–Kier alpha value is -3.39. The van der Waals surface area contributed by atoms with Gasteiger partial charge >= 0.3 is 0 Å². The number of para-hydroxylation sites is 1. The minimum absolute atomic E-state index is 0.405. The first-order chi connectivity index (χ1) is 11.7. The van der Waals surface area contributed by atoms with E-state index in [0.29, 0.717) is 12.2 Å². The van der Waals surface area contributed by atoms with Crippen LogP contribution in [0.25, 0.3) is 16.6 Å². The predicted octanol–water partition coefficient (Wildman–Crippen LogP) is 3.67. The summed E-state index contributed by atoms with van der Waals surface area (Å²) in [6.45, 7) is 2.64. The van der Waals surface area contributed by atoms with Gasteiger partial charge in [0.2, 0.25) is 0 Å². The maximum Gasteiger partial charge on any atom is 0.143 e. The van der Waals surface area contributed by atoms with E-state index < -0.39 is 0 Å². The van der Waals surface area contributed by atoms with Crippen molar-refractivity contribution in [3.8, 4) is 6.07 Å². The molecule has 5 nitrogen and oxygen atoms in total. The molecule has 0 saturated carbocycles. The van der Waals surface area contributed by atoms with Gasteiger partial charge in [-0.2, -0.15) is 5.26 Å². The Labute approximate surface area is 139 Å². The summed E-state index contributed by atoms with van der Waals surface area (Å²) in [5.41, 5.74) is 5.14. The minimum atomic E-state index is 0.405. The molecular formula is C19H15N5. The number of aryl methyl sites for hydroxylation is 1. The monoisotopic (exact) mass is 313 g/mol. The quantitative estimate of drug-likeness (QED) is 0.626. The van der Waals surface area contributed by atoms with E-state index in [0.717, 1.165) is 33.6 Å². The third-order valence-corrected chi connectivity index (χ3v) is 4.04. The van der Waals surface area contributed by atoms with Crippen LogP contribution in [-0.2, 0) is 6.54 Å². The number of nitrogens with zero attached hydrogens (tertiary/aromatic N) is 4. The highest BCUT2D eigenvalue weighted by Crippen LogP contribution is 2.23. The van der Waals surface area contributed by atoms with Gasteiger partial charge in [0.25, 0.3) is 0 Å². The SMILES string of the molecule is Cc1cccc2nc(CNc3cc(C#N)nc4ccccc34)cn12. The molecule has 0 atom stereocenters. The molecular weight excluding hydrogens is 298 g/mol. The van der Waals surface area contributed by atoms with Gasteiger partial charge in [0.15, 0.2) is 0 Å². The summed E-state index contributed by atoms with van der Waals surface area (Å²) >= 11 is 0. The molecule has 0 saturated heterocycles. The summed E-state index contributed by atoms with van der Waals surface area (Å²) < 4.78 is 2.07. The van der Waals surface area contributed by atoms with Crippen LogP contribution in [0.15, 0.2) is 54.7 Å². The van der Waals surface area contributed by atoms with Crippen LogP contribution in [-0.4, -0.2) is 14.4 Å². The lowest BCUT2D eigenvalue weighted by Gasteiger charge is -2.08. The molecule has 4 aromatic rings. The summed E-state index contributed by atoms with van der Waals surface area (Å²) in [5.74, 6) is 0. The Kier molecular flexibility index (Phi) is 3.36. The number of rotatable bonds is 3. The molecule has 1 aromatic carbocycles. The third kappa shape index (κ3) is 2.44. The Balaban J connectivity index is 1.69. The van der Waals surface area contributed by atoms with Crippen molar-refractivity contribution in [3.63, 3.8) is 0 Å². The van der Waals surface area contributed by atoms with E-state index in [-0.39, 0.29) is 0 Å². The highest BCUT2D eigenvalue weighted by atomic mass is 15.0. The van der Waals surface area contributed by atoms with E-state index in [2.05, 4.69) is 38.7 Å². The number of nitriles is 1. The van der Waals surface area contributed by atoms with Gasteiger partial charge in [0.05, 0.1) is 17.8 Å². The summed E-state index contributed by atoms with van der Waals surface area (Å²) in [4.78, 5) is 8.97. The fraction of sp³-hybridized carbons (Fsp3) is 0.105. The second-order valence-electron chi connectivity index (χ2n) is 5.67. The molecule has 5 heteroatoms. The lowest BCUT2D eigenvalue weighted by molar-refractivity contribution is 1.07. The number of imidazole rings is 1. The molecule has 0 bridgehead atoms. The highest BCUT2D eigenvalue weighted by molar-refractivity contribution is 5.91. The minimum Gasteiger partial charge on any atom is -0.379 e. The maximum atomic E-state index is 9.18. The van der Waals surface area contributed by atoms with Crippen molar-refractivity contribution in [2.24, 2.45) is 0 Å². The van der Waals surface area contributed by atoms with Crippen molar-refractivity contribution in [1.82, 2.24) is 14.4 Å². The van der Waals surface area contributed by atoms with Gasteiger partial charge in [-0.05, 0) is 31.2 Å². The Morgan fingerprint density at radius 1 is 1.12 bits per heavy atom. The topological polar surface area (TPSA) is 66.0 Å². The van der Waals surface area contributed by atoms with Crippen LogP contribution >= 0.6 is 0 Å². The molecule has 0 unspecified atom stereocenters. The molecule has 1 N–H and O–H groups in total. The first-order valence-corrected chi connectivity index (χ1v) is 7.72. The van der Waals surface area contributed by atoms with Gasteiger partial charge in [0.1, 0.15) is 17.4 Å². The lowest BCUT2D eigenvalue weighted by atomic mass is 10.1. The second-order valence-corrected chi connectivity index (χ2v) is 5.67. The molecule has 0 amide bonds.